The van der Waals surface area contributed by atoms with Crippen LogP contribution in [0.4, 0.5) is 8.78 Å². The second kappa shape index (κ2) is 6.54. The van der Waals surface area contributed by atoms with E-state index in [1.165, 1.54) is 0 Å². The fourth-order valence-electron chi connectivity index (χ4n) is 2.00. The van der Waals surface area contributed by atoms with Crippen LogP contribution in [0.25, 0.3) is 10.8 Å². The molecule has 0 fully saturated rings. The van der Waals surface area contributed by atoms with E-state index in [0.717, 1.165) is 16.3 Å². The number of halogens is 2. The van der Waals surface area contributed by atoms with Crippen LogP contribution in [0.1, 0.15) is 18.0 Å². The maximum absolute atomic E-state index is 11.9. The van der Waals surface area contributed by atoms with E-state index in [2.05, 4.69) is 4.98 Å². The SMILES string of the molecule is NC(CCOCC(F)F)c1cccc2ccncc12. The number of fused-ring (bicyclic) bond motifs is 1. The molecule has 0 aliphatic heterocycles. The molecule has 1 aromatic heterocycles. The lowest BCUT2D eigenvalue weighted by Gasteiger charge is -2.14. The first-order valence-corrected chi connectivity index (χ1v) is 6.12. The van der Waals surface area contributed by atoms with Crippen molar-refractivity contribution in [2.24, 2.45) is 5.73 Å². The molecule has 0 aliphatic rings. The maximum atomic E-state index is 11.9. The molecule has 0 saturated heterocycles. The van der Waals surface area contributed by atoms with Crippen LogP contribution in [-0.4, -0.2) is 24.6 Å². The average molecular weight is 266 g/mol. The van der Waals surface area contributed by atoms with Crippen molar-refractivity contribution in [1.82, 2.24) is 4.98 Å². The summed E-state index contributed by atoms with van der Waals surface area (Å²) >= 11 is 0. The van der Waals surface area contributed by atoms with Gasteiger partial charge in [0.05, 0.1) is 0 Å². The van der Waals surface area contributed by atoms with Gasteiger partial charge in [-0.05, 0) is 23.4 Å². The number of pyridine rings is 1. The first-order valence-electron chi connectivity index (χ1n) is 6.12. The highest BCUT2D eigenvalue weighted by Crippen LogP contribution is 2.23. The van der Waals surface area contributed by atoms with Crippen molar-refractivity contribution >= 4 is 10.8 Å². The van der Waals surface area contributed by atoms with Gasteiger partial charge in [-0.2, -0.15) is 0 Å². The Balaban J connectivity index is 2.03. The van der Waals surface area contributed by atoms with Gasteiger partial charge in [-0.25, -0.2) is 8.78 Å². The molecule has 0 spiro atoms. The normalized spacial score (nSPS) is 13.1. The Labute approximate surface area is 110 Å². The summed E-state index contributed by atoms with van der Waals surface area (Å²) < 4.78 is 28.7. The lowest BCUT2D eigenvalue weighted by molar-refractivity contribution is 0.0152. The molecule has 0 saturated carbocycles. The second-order valence-corrected chi connectivity index (χ2v) is 4.31. The van der Waals surface area contributed by atoms with Gasteiger partial charge >= 0.3 is 0 Å². The highest BCUT2D eigenvalue weighted by molar-refractivity contribution is 5.85. The number of hydrogen-bond donors (Lipinski definition) is 1. The van der Waals surface area contributed by atoms with Gasteiger partial charge in [0, 0.05) is 30.4 Å². The standard InChI is InChI=1S/C14H16F2N2O/c15-14(16)9-19-7-5-13(17)11-3-1-2-10-4-6-18-8-12(10)11/h1-4,6,8,13-14H,5,7,9,17H2. The van der Waals surface area contributed by atoms with Crippen LogP contribution in [0.3, 0.4) is 0 Å². The third kappa shape index (κ3) is 3.68. The Hall–Kier alpha value is -1.59. The van der Waals surface area contributed by atoms with E-state index >= 15 is 0 Å². The molecule has 2 aromatic rings. The monoisotopic (exact) mass is 266 g/mol. The van der Waals surface area contributed by atoms with Gasteiger partial charge in [-0.1, -0.05) is 18.2 Å². The average Bonchev–Trinajstić information content (AvgIpc) is 2.42. The highest BCUT2D eigenvalue weighted by atomic mass is 19.3. The highest BCUT2D eigenvalue weighted by Gasteiger charge is 2.10. The van der Waals surface area contributed by atoms with E-state index in [-0.39, 0.29) is 12.6 Å². The molecule has 1 aromatic carbocycles. The van der Waals surface area contributed by atoms with Crippen molar-refractivity contribution in [2.75, 3.05) is 13.2 Å². The molecule has 3 nitrogen and oxygen atoms in total. The zero-order chi connectivity index (χ0) is 13.7. The molecule has 1 unspecified atom stereocenters. The summed E-state index contributed by atoms with van der Waals surface area (Å²) in [6, 6.07) is 7.52. The summed E-state index contributed by atoms with van der Waals surface area (Å²) in [6.07, 6.45) is 1.56. The van der Waals surface area contributed by atoms with Gasteiger partial charge in [0.1, 0.15) is 6.61 Å². The van der Waals surface area contributed by atoms with Crippen molar-refractivity contribution in [1.29, 1.82) is 0 Å². The number of benzene rings is 1. The molecule has 1 heterocycles. The number of nitrogens with two attached hydrogens (primary N) is 1. The van der Waals surface area contributed by atoms with E-state index in [1.807, 2.05) is 24.3 Å². The molecular formula is C14H16F2N2O. The van der Waals surface area contributed by atoms with Crippen LogP contribution >= 0.6 is 0 Å². The summed E-state index contributed by atoms with van der Waals surface area (Å²) in [6.45, 7) is -0.314. The van der Waals surface area contributed by atoms with Crippen molar-refractivity contribution in [2.45, 2.75) is 18.9 Å². The molecular weight excluding hydrogens is 250 g/mol. The van der Waals surface area contributed by atoms with Crippen LogP contribution in [0.5, 0.6) is 0 Å². The maximum Gasteiger partial charge on any atom is 0.261 e. The molecule has 0 radical (unpaired) electrons. The number of rotatable bonds is 6. The zero-order valence-electron chi connectivity index (χ0n) is 10.4. The van der Waals surface area contributed by atoms with E-state index in [1.54, 1.807) is 12.4 Å². The molecule has 0 amide bonds. The van der Waals surface area contributed by atoms with Gasteiger partial charge in [0.25, 0.3) is 6.43 Å². The fourth-order valence-corrected chi connectivity index (χ4v) is 2.00. The van der Waals surface area contributed by atoms with Gasteiger partial charge in [-0.3, -0.25) is 4.98 Å². The van der Waals surface area contributed by atoms with Gasteiger partial charge < -0.3 is 10.5 Å². The Kier molecular flexibility index (Phi) is 4.76. The molecule has 19 heavy (non-hydrogen) atoms. The lowest BCUT2D eigenvalue weighted by Crippen LogP contribution is -2.15. The van der Waals surface area contributed by atoms with E-state index in [9.17, 15) is 8.78 Å². The van der Waals surface area contributed by atoms with Crippen molar-refractivity contribution in [3.8, 4) is 0 Å². The van der Waals surface area contributed by atoms with Crippen LogP contribution in [0, 0.1) is 0 Å². The van der Waals surface area contributed by atoms with Crippen LogP contribution < -0.4 is 5.73 Å². The molecule has 0 aliphatic carbocycles. The van der Waals surface area contributed by atoms with Crippen molar-refractivity contribution in [3.05, 3.63) is 42.2 Å². The molecule has 5 heteroatoms. The predicted molar refractivity (Wildman–Crippen MR) is 70.1 cm³/mol. The Morgan fingerprint density at radius 2 is 2.11 bits per heavy atom. The van der Waals surface area contributed by atoms with E-state index in [0.29, 0.717) is 6.42 Å². The minimum absolute atomic E-state index is 0.224. The molecule has 0 bridgehead atoms. The minimum atomic E-state index is -2.43. The number of ether oxygens (including phenoxy) is 1. The fraction of sp³-hybridized carbons (Fsp3) is 0.357. The summed E-state index contributed by atoms with van der Waals surface area (Å²) in [7, 11) is 0. The van der Waals surface area contributed by atoms with E-state index in [4.69, 9.17) is 10.5 Å². The van der Waals surface area contributed by atoms with Gasteiger partial charge in [-0.15, -0.1) is 0 Å². The Bertz CT molecular complexity index is 528. The smallest absolute Gasteiger partial charge is 0.261 e. The van der Waals surface area contributed by atoms with Crippen LogP contribution in [0.2, 0.25) is 0 Å². The van der Waals surface area contributed by atoms with Gasteiger partial charge in [0.15, 0.2) is 0 Å². The van der Waals surface area contributed by atoms with Crippen LogP contribution in [0.15, 0.2) is 36.7 Å². The number of alkyl halides is 2. The molecule has 2 rings (SSSR count). The number of hydrogen-bond acceptors (Lipinski definition) is 3. The first kappa shape index (κ1) is 13.8. The quantitative estimate of drug-likeness (QED) is 0.818. The number of nitrogens with zero attached hydrogens (tertiary/aromatic N) is 1. The second-order valence-electron chi connectivity index (χ2n) is 4.31. The molecule has 1 atom stereocenters. The summed E-state index contributed by atoms with van der Waals surface area (Å²) in [5.41, 5.74) is 7.05. The first-order chi connectivity index (χ1) is 9.18. The number of aromatic nitrogens is 1. The van der Waals surface area contributed by atoms with E-state index < -0.39 is 13.0 Å². The zero-order valence-corrected chi connectivity index (χ0v) is 10.4. The lowest BCUT2D eigenvalue weighted by atomic mass is 9.99. The third-order valence-corrected chi connectivity index (χ3v) is 2.93. The third-order valence-electron chi connectivity index (χ3n) is 2.93. The Morgan fingerprint density at radius 3 is 2.89 bits per heavy atom. The minimum Gasteiger partial charge on any atom is -0.375 e. The van der Waals surface area contributed by atoms with Crippen molar-refractivity contribution < 1.29 is 13.5 Å². The van der Waals surface area contributed by atoms with Crippen LogP contribution in [-0.2, 0) is 4.74 Å². The van der Waals surface area contributed by atoms with Gasteiger partial charge in [0.2, 0.25) is 0 Å². The summed E-state index contributed by atoms with van der Waals surface area (Å²) in [5, 5.41) is 2.06. The largest absolute Gasteiger partial charge is 0.375 e. The summed E-state index contributed by atoms with van der Waals surface area (Å²) in [4.78, 5) is 4.09. The topological polar surface area (TPSA) is 48.1 Å². The van der Waals surface area contributed by atoms with Crippen molar-refractivity contribution in [3.63, 3.8) is 0 Å². The molecule has 2 N–H and O–H groups in total. The summed E-state index contributed by atoms with van der Waals surface area (Å²) in [5.74, 6) is 0. The molecule has 102 valence electrons. The Morgan fingerprint density at radius 1 is 1.26 bits per heavy atom. The predicted octanol–water partition coefficient (Wildman–Crippen LogP) is 2.91.